The summed E-state index contributed by atoms with van der Waals surface area (Å²) < 4.78 is 0. The van der Waals surface area contributed by atoms with Crippen LogP contribution in [0, 0.1) is 0 Å². The smallest absolute Gasteiger partial charge is 0.227 e. The summed E-state index contributed by atoms with van der Waals surface area (Å²) in [7, 11) is 0. The predicted molar refractivity (Wildman–Crippen MR) is 102 cm³/mol. The summed E-state index contributed by atoms with van der Waals surface area (Å²) in [5.74, 6) is 0.582. The molecule has 1 aromatic heterocycles. The van der Waals surface area contributed by atoms with E-state index in [1.807, 2.05) is 35.2 Å². The van der Waals surface area contributed by atoms with E-state index >= 15 is 0 Å². The Morgan fingerprint density at radius 1 is 1.16 bits per heavy atom. The van der Waals surface area contributed by atoms with Crippen molar-refractivity contribution >= 4 is 28.4 Å². The van der Waals surface area contributed by atoms with Crippen LogP contribution in [0.3, 0.4) is 0 Å². The number of para-hydroxylation sites is 1. The van der Waals surface area contributed by atoms with Crippen molar-refractivity contribution in [2.45, 2.75) is 25.2 Å². The maximum absolute atomic E-state index is 12.7. The van der Waals surface area contributed by atoms with E-state index in [0.29, 0.717) is 17.4 Å². The largest absolute Gasteiger partial charge is 0.358 e. The van der Waals surface area contributed by atoms with Crippen LogP contribution in [-0.2, 0) is 11.2 Å². The van der Waals surface area contributed by atoms with Gasteiger partial charge in [-0.05, 0) is 48.1 Å². The minimum absolute atomic E-state index is 0.197. The molecule has 0 saturated carbocycles. The van der Waals surface area contributed by atoms with E-state index < -0.39 is 0 Å². The van der Waals surface area contributed by atoms with E-state index in [1.165, 1.54) is 16.6 Å². The number of fused-ring (bicyclic) bond motifs is 1. The number of hydrogen-bond donors (Lipinski definition) is 1. The maximum atomic E-state index is 12.7. The first-order valence-corrected chi connectivity index (χ1v) is 9.17. The van der Waals surface area contributed by atoms with E-state index in [9.17, 15) is 4.79 Å². The number of aromatic nitrogens is 1. The Labute approximate surface area is 152 Å². The highest BCUT2D eigenvalue weighted by Gasteiger charge is 2.25. The molecular weight excluding hydrogens is 332 g/mol. The fourth-order valence-corrected chi connectivity index (χ4v) is 3.79. The second-order valence-electron chi connectivity index (χ2n) is 6.79. The number of piperidine rings is 1. The van der Waals surface area contributed by atoms with E-state index in [1.54, 1.807) is 0 Å². The quantitative estimate of drug-likeness (QED) is 0.724. The SMILES string of the molecule is O=C(Cc1ccc(Cl)cc1)N1CCCC(c2cc3ccccc3[nH]2)C1. The second-order valence-corrected chi connectivity index (χ2v) is 7.23. The monoisotopic (exact) mass is 352 g/mol. The fraction of sp³-hybridized carbons (Fsp3) is 0.286. The van der Waals surface area contributed by atoms with Crippen molar-refractivity contribution in [2.24, 2.45) is 0 Å². The van der Waals surface area contributed by atoms with Gasteiger partial charge in [-0.15, -0.1) is 0 Å². The van der Waals surface area contributed by atoms with Crippen LogP contribution in [0.5, 0.6) is 0 Å². The molecule has 1 amide bonds. The number of benzene rings is 2. The van der Waals surface area contributed by atoms with Crippen LogP contribution in [0.2, 0.25) is 5.02 Å². The number of H-pyrrole nitrogens is 1. The predicted octanol–water partition coefficient (Wildman–Crippen LogP) is 4.77. The average molecular weight is 353 g/mol. The molecule has 1 unspecified atom stereocenters. The molecule has 1 N–H and O–H groups in total. The first kappa shape index (κ1) is 16.2. The number of rotatable bonds is 3. The molecule has 1 atom stereocenters. The lowest BCUT2D eigenvalue weighted by Gasteiger charge is -2.32. The Kier molecular flexibility index (Phi) is 4.50. The van der Waals surface area contributed by atoms with Crippen LogP contribution in [0.25, 0.3) is 10.9 Å². The van der Waals surface area contributed by atoms with Crippen LogP contribution >= 0.6 is 11.6 Å². The van der Waals surface area contributed by atoms with Gasteiger partial charge in [0.25, 0.3) is 0 Å². The van der Waals surface area contributed by atoms with Gasteiger partial charge in [0, 0.05) is 35.2 Å². The van der Waals surface area contributed by atoms with Gasteiger partial charge in [0.2, 0.25) is 5.91 Å². The summed E-state index contributed by atoms with van der Waals surface area (Å²) in [5.41, 5.74) is 3.43. The van der Waals surface area contributed by atoms with E-state index in [0.717, 1.165) is 31.5 Å². The van der Waals surface area contributed by atoms with E-state index in [4.69, 9.17) is 11.6 Å². The summed E-state index contributed by atoms with van der Waals surface area (Å²) in [6.07, 6.45) is 2.61. The molecule has 0 spiro atoms. The molecule has 0 bridgehead atoms. The molecule has 2 heterocycles. The zero-order valence-electron chi connectivity index (χ0n) is 14.0. The third-order valence-electron chi connectivity index (χ3n) is 5.03. The molecule has 0 radical (unpaired) electrons. The van der Waals surface area contributed by atoms with Crippen LogP contribution in [0.4, 0.5) is 0 Å². The van der Waals surface area contributed by atoms with Crippen LogP contribution in [-0.4, -0.2) is 28.9 Å². The number of carbonyl (C=O) groups excluding carboxylic acids is 1. The standard InChI is InChI=1S/C21H21ClN2O/c22-18-9-7-15(8-10-18)12-21(25)24-11-3-5-17(14-24)20-13-16-4-1-2-6-19(16)23-20/h1-2,4,6-10,13,17,23H,3,5,11-12,14H2. The van der Waals surface area contributed by atoms with Crippen molar-refractivity contribution in [2.75, 3.05) is 13.1 Å². The zero-order chi connectivity index (χ0) is 17.2. The molecule has 25 heavy (non-hydrogen) atoms. The molecule has 4 heteroatoms. The number of aromatic amines is 1. The molecule has 4 rings (SSSR count). The third-order valence-corrected chi connectivity index (χ3v) is 5.29. The number of halogens is 1. The summed E-state index contributed by atoms with van der Waals surface area (Å²) in [5, 5.41) is 1.94. The molecule has 3 nitrogen and oxygen atoms in total. The van der Waals surface area contributed by atoms with Crippen molar-refractivity contribution in [1.29, 1.82) is 0 Å². The molecule has 3 aromatic rings. The van der Waals surface area contributed by atoms with Crippen molar-refractivity contribution in [1.82, 2.24) is 9.88 Å². The summed E-state index contributed by atoms with van der Waals surface area (Å²) in [4.78, 5) is 18.2. The van der Waals surface area contributed by atoms with Crippen LogP contribution < -0.4 is 0 Å². The number of amides is 1. The minimum atomic E-state index is 0.197. The van der Waals surface area contributed by atoms with Crippen LogP contribution in [0.15, 0.2) is 54.6 Å². The highest BCUT2D eigenvalue weighted by atomic mass is 35.5. The van der Waals surface area contributed by atoms with Crippen molar-refractivity contribution in [3.8, 4) is 0 Å². The number of likely N-dealkylation sites (tertiary alicyclic amines) is 1. The van der Waals surface area contributed by atoms with Gasteiger partial charge in [-0.2, -0.15) is 0 Å². The Morgan fingerprint density at radius 2 is 1.96 bits per heavy atom. The van der Waals surface area contributed by atoms with Gasteiger partial charge in [-0.3, -0.25) is 4.79 Å². The topological polar surface area (TPSA) is 36.1 Å². The van der Waals surface area contributed by atoms with Crippen molar-refractivity contribution < 1.29 is 4.79 Å². The van der Waals surface area contributed by atoms with Gasteiger partial charge < -0.3 is 9.88 Å². The molecule has 1 aliphatic heterocycles. The summed E-state index contributed by atoms with van der Waals surface area (Å²) in [6, 6.07) is 18.1. The van der Waals surface area contributed by atoms with Gasteiger partial charge in [0.05, 0.1) is 6.42 Å². The van der Waals surface area contributed by atoms with Gasteiger partial charge in [0.15, 0.2) is 0 Å². The van der Waals surface area contributed by atoms with Gasteiger partial charge in [-0.1, -0.05) is 41.9 Å². The summed E-state index contributed by atoms with van der Waals surface area (Å²) >= 11 is 5.92. The van der Waals surface area contributed by atoms with Gasteiger partial charge in [0.1, 0.15) is 0 Å². The summed E-state index contributed by atoms with van der Waals surface area (Å²) in [6.45, 7) is 1.64. The molecule has 0 aliphatic carbocycles. The molecular formula is C21H21ClN2O. The minimum Gasteiger partial charge on any atom is -0.358 e. The van der Waals surface area contributed by atoms with E-state index in [2.05, 4.69) is 29.2 Å². The zero-order valence-corrected chi connectivity index (χ0v) is 14.8. The number of hydrogen-bond acceptors (Lipinski definition) is 1. The molecule has 128 valence electrons. The lowest BCUT2D eigenvalue weighted by Crippen LogP contribution is -2.40. The van der Waals surface area contributed by atoms with E-state index in [-0.39, 0.29) is 5.91 Å². The fourth-order valence-electron chi connectivity index (χ4n) is 3.66. The second kappa shape index (κ2) is 6.93. The first-order chi connectivity index (χ1) is 12.2. The highest BCUT2D eigenvalue weighted by molar-refractivity contribution is 6.30. The number of carbonyl (C=O) groups is 1. The highest BCUT2D eigenvalue weighted by Crippen LogP contribution is 2.29. The Morgan fingerprint density at radius 3 is 2.76 bits per heavy atom. The van der Waals surface area contributed by atoms with Crippen molar-refractivity contribution in [3.63, 3.8) is 0 Å². The number of nitrogens with zero attached hydrogens (tertiary/aromatic N) is 1. The molecule has 1 saturated heterocycles. The van der Waals surface area contributed by atoms with Gasteiger partial charge >= 0.3 is 0 Å². The number of nitrogens with one attached hydrogen (secondary N) is 1. The Hall–Kier alpha value is -2.26. The first-order valence-electron chi connectivity index (χ1n) is 8.79. The lowest BCUT2D eigenvalue weighted by atomic mass is 9.94. The normalized spacial score (nSPS) is 17.8. The maximum Gasteiger partial charge on any atom is 0.227 e. The molecule has 2 aromatic carbocycles. The Balaban J connectivity index is 1.46. The van der Waals surface area contributed by atoms with Crippen molar-refractivity contribution in [3.05, 3.63) is 70.9 Å². The molecule has 1 fully saturated rings. The van der Waals surface area contributed by atoms with Crippen LogP contribution in [0.1, 0.15) is 30.0 Å². The van der Waals surface area contributed by atoms with Gasteiger partial charge in [-0.25, -0.2) is 0 Å². The average Bonchev–Trinajstić information content (AvgIpc) is 3.08. The molecule has 1 aliphatic rings. The lowest BCUT2D eigenvalue weighted by molar-refractivity contribution is -0.131. The Bertz CT molecular complexity index is 851. The third kappa shape index (κ3) is 3.57.